The van der Waals surface area contributed by atoms with Gasteiger partial charge in [-0.05, 0) is 33.4 Å². The van der Waals surface area contributed by atoms with Crippen LogP contribution in [-0.2, 0) is 4.79 Å². The van der Waals surface area contributed by atoms with Crippen molar-refractivity contribution >= 4 is 12.0 Å². The molecular weight excluding hydrogens is 210 g/mol. The van der Waals surface area contributed by atoms with Gasteiger partial charge in [-0.25, -0.2) is 4.79 Å². The molecule has 1 unspecified atom stereocenters. The van der Waals surface area contributed by atoms with Gasteiger partial charge in [0.05, 0.1) is 0 Å². The average molecular weight is 229 g/mol. The number of amides is 2. The number of nitrogens with one attached hydrogen (secondary N) is 2. The zero-order valence-electron chi connectivity index (χ0n) is 9.69. The normalized spacial score (nSPS) is 23.5. The lowest BCUT2D eigenvalue weighted by Gasteiger charge is -2.30. The highest BCUT2D eigenvalue weighted by Crippen LogP contribution is 2.07. The van der Waals surface area contributed by atoms with Crippen LogP contribution in [0.2, 0.25) is 0 Å². The molecule has 92 valence electrons. The Balaban J connectivity index is 2.30. The van der Waals surface area contributed by atoms with E-state index in [1.54, 1.807) is 0 Å². The lowest BCUT2D eigenvalue weighted by atomic mass is 10.1. The summed E-state index contributed by atoms with van der Waals surface area (Å²) in [5.41, 5.74) is 0. The van der Waals surface area contributed by atoms with Gasteiger partial charge < -0.3 is 20.6 Å². The van der Waals surface area contributed by atoms with E-state index in [0.29, 0.717) is 0 Å². The van der Waals surface area contributed by atoms with Crippen LogP contribution in [0.5, 0.6) is 0 Å². The van der Waals surface area contributed by atoms with Gasteiger partial charge in [0.1, 0.15) is 6.04 Å². The number of hydrogen-bond donors (Lipinski definition) is 3. The predicted octanol–water partition coefficient (Wildman–Crippen LogP) is -0.147. The topological polar surface area (TPSA) is 81.7 Å². The molecule has 2 atom stereocenters. The largest absolute Gasteiger partial charge is 0.480 e. The maximum absolute atomic E-state index is 11.4. The average Bonchev–Trinajstić information content (AvgIpc) is 2.16. The molecule has 6 nitrogen and oxygen atoms in total. The Morgan fingerprint density at radius 2 is 2.19 bits per heavy atom. The van der Waals surface area contributed by atoms with Gasteiger partial charge in [-0.3, -0.25) is 4.79 Å². The minimum absolute atomic E-state index is 0.111. The molecule has 0 aromatic rings. The van der Waals surface area contributed by atoms with Crippen LogP contribution < -0.4 is 10.6 Å². The number of carboxylic acids is 1. The molecule has 1 fully saturated rings. The summed E-state index contributed by atoms with van der Waals surface area (Å²) in [5.74, 6) is -1.03. The molecule has 3 N–H and O–H groups in total. The highest BCUT2D eigenvalue weighted by molar-refractivity contribution is 5.82. The Morgan fingerprint density at radius 1 is 1.50 bits per heavy atom. The SMILES string of the molecule is C[C@@H](NC(=O)NC1CCCN(C)C1)C(=O)O. The van der Waals surface area contributed by atoms with Crippen molar-refractivity contribution in [2.75, 3.05) is 20.1 Å². The molecule has 0 radical (unpaired) electrons. The number of rotatable bonds is 3. The fraction of sp³-hybridized carbons (Fsp3) is 0.800. The number of urea groups is 1. The lowest BCUT2D eigenvalue weighted by Crippen LogP contribution is -2.52. The highest BCUT2D eigenvalue weighted by Gasteiger charge is 2.20. The number of likely N-dealkylation sites (tertiary alicyclic amines) is 1. The van der Waals surface area contributed by atoms with E-state index in [0.717, 1.165) is 25.9 Å². The molecule has 1 saturated heterocycles. The van der Waals surface area contributed by atoms with E-state index in [9.17, 15) is 9.59 Å². The number of likely N-dealkylation sites (N-methyl/N-ethyl adjacent to an activating group) is 1. The molecule has 2 amide bonds. The third-order valence-corrected chi connectivity index (χ3v) is 2.68. The second-order valence-corrected chi connectivity index (χ2v) is 4.28. The van der Waals surface area contributed by atoms with Gasteiger partial charge in [0.25, 0.3) is 0 Å². The van der Waals surface area contributed by atoms with Crippen LogP contribution in [0, 0.1) is 0 Å². The van der Waals surface area contributed by atoms with Crippen LogP contribution in [0.4, 0.5) is 4.79 Å². The van der Waals surface area contributed by atoms with Crippen LogP contribution in [0.3, 0.4) is 0 Å². The van der Waals surface area contributed by atoms with Crippen molar-refractivity contribution in [2.45, 2.75) is 31.8 Å². The zero-order valence-corrected chi connectivity index (χ0v) is 9.69. The van der Waals surface area contributed by atoms with Gasteiger partial charge in [-0.15, -0.1) is 0 Å². The van der Waals surface area contributed by atoms with Gasteiger partial charge in [0.2, 0.25) is 0 Å². The van der Waals surface area contributed by atoms with Crippen LogP contribution >= 0.6 is 0 Å². The van der Waals surface area contributed by atoms with Crippen LogP contribution in [0.25, 0.3) is 0 Å². The number of carboxylic acid groups (broad SMARTS) is 1. The summed E-state index contributed by atoms with van der Waals surface area (Å²) in [5, 5.41) is 13.8. The molecule has 0 aliphatic carbocycles. The smallest absolute Gasteiger partial charge is 0.325 e. The Hall–Kier alpha value is -1.30. The molecule has 16 heavy (non-hydrogen) atoms. The summed E-state index contributed by atoms with van der Waals surface area (Å²) in [6, 6.07) is -1.16. The molecule has 6 heteroatoms. The van der Waals surface area contributed by atoms with E-state index in [1.807, 2.05) is 7.05 Å². The van der Waals surface area contributed by atoms with Crippen molar-refractivity contribution < 1.29 is 14.7 Å². The molecule has 1 aliphatic heterocycles. The number of aliphatic carboxylic acids is 1. The number of nitrogens with zero attached hydrogens (tertiary/aromatic N) is 1. The van der Waals surface area contributed by atoms with Crippen LogP contribution in [0.1, 0.15) is 19.8 Å². The third kappa shape index (κ3) is 4.06. The Labute approximate surface area is 95.0 Å². The van der Waals surface area contributed by atoms with Gasteiger partial charge >= 0.3 is 12.0 Å². The number of piperidine rings is 1. The maximum Gasteiger partial charge on any atom is 0.325 e. The Morgan fingerprint density at radius 3 is 2.75 bits per heavy atom. The highest BCUT2D eigenvalue weighted by atomic mass is 16.4. The molecule has 1 rings (SSSR count). The molecule has 0 aromatic carbocycles. The van der Waals surface area contributed by atoms with E-state index < -0.39 is 18.0 Å². The molecule has 1 heterocycles. The molecule has 0 saturated carbocycles. The summed E-state index contributed by atoms with van der Waals surface area (Å²) in [6.45, 7) is 3.30. The first kappa shape index (κ1) is 12.8. The summed E-state index contributed by atoms with van der Waals surface area (Å²) in [6.07, 6.45) is 2.00. The molecule has 1 aliphatic rings. The number of carbonyl (C=O) groups is 2. The molecule has 0 bridgehead atoms. The summed E-state index contributed by atoms with van der Waals surface area (Å²) >= 11 is 0. The predicted molar refractivity (Wildman–Crippen MR) is 59.3 cm³/mol. The van der Waals surface area contributed by atoms with E-state index in [1.165, 1.54) is 6.92 Å². The minimum Gasteiger partial charge on any atom is -0.480 e. The van der Waals surface area contributed by atoms with Crippen molar-refractivity contribution in [1.82, 2.24) is 15.5 Å². The number of hydrogen-bond acceptors (Lipinski definition) is 3. The van der Waals surface area contributed by atoms with Gasteiger partial charge in [-0.2, -0.15) is 0 Å². The molecule has 0 aromatic heterocycles. The Bertz CT molecular complexity index is 270. The van der Waals surface area contributed by atoms with E-state index in [4.69, 9.17) is 5.11 Å². The first-order valence-corrected chi connectivity index (χ1v) is 5.47. The van der Waals surface area contributed by atoms with E-state index in [2.05, 4.69) is 15.5 Å². The number of carbonyl (C=O) groups excluding carboxylic acids is 1. The fourth-order valence-corrected chi connectivity index (χ4v) is 1.77. The van der Waals surface area contributed by atoms with E-state index >= 15 is 0 Å². The second-order valence-electron chi connectivity index (χ2n) is 4.28. The van der Waals surface area contributed by atoms with Gasteiger partial charge in [0.15, 0.2) is 0 Å². The monoisotopic (exact) mass is 229 g/mol. The van der Waals surface area contributed by atoms with Crippen molar-refractivity contribution in [3.05, 3.63) is 0 Å². The standard InChI is InChI=1S/C10H19N3O3/c1-7(9(14)15)11-10(16)12-8-4-3-5-13(2)6-8/h7-8H,3-6H2,1-2H3,(H,14,15)(H2,11,12,16)/t7-,8?/m1/s1. The summed E-state index contributed by atoms with van der Waals surface area (Å²) < 4.78 is 0. The van der Waals surface area contributed by atoms with Crippen molar-refractivity contribution in [3.8, 4) is 0 Å². The quantitative estimate of drug-likeness (QED) is 0.629. The fourth-order valence-electron chi connectivity index (χ4n) is 1.77. The molecular formula is C10H19N3O3. The summed E-state index contributed by atoms with van der Waals surface area (Å²) in [4.78, 5) is 24.1. The van der Waals surface area contributed by atoms with Gasteiger partial charge in [0, 0.05) is 12.6 Å². The van der Waals surface area contributed by atoms with E-state index in [-0.39, 0.29) is 6.04 Å². The van der Waals surface area contributed by atoms with Gasteiger partial charge in [-0.1, -0.05) is 0 Å². The van der Waals surface area contributed by atoms with Crippen molar-refractivity contribution in [1.29, 1.82) is 0 Å². The molecule has 0 spiro atoms. The first-order valence-electron chi connectivity index (χ1n) is 5.47. The van der Waals surface area contributed by atoms with Crippen molar-refractivity contribution in [2.24, 2.45) is 0 Å². The van der Waals surface area contributed by atoms with Crippen LogP contribution in [0.15, 0.2) is 0 Å². The zero-order chi connectivity index (χ0) is 12.1. The first-order chi connectivity index (χ1) is 7.49. The van der Waals surface area contributed by atoms with Crippen molar-refractivity contribution in [3.63, 3.8) is 0 Å². The lowest BCUT2D eigenvalue weighted by molar-refractivity contribution is -0.138. The summed E-state index contributed by atoms with van der Waals surface area (Å²) in [7, 11) is 2.01. The Kier molecular flexibility index (Phi) is 4.54. The second kappa shape index (κ2) is 5.69. The maximum atomic E-state index is 11.4. The van der Waals surface area contributed by atoms with Crippen LogP contribution in [-0.4, -0.2) is 54.2 Å². The minimum atomic E-state index is -1.03. The third-order valence-electron chi connectivity index (χ3n) is 2.68.